The van der Waals surface area contributed by atoms with Gasteiger partial charge in [-0.25, -0.2) is 8.42 Å². The van der Waals surface area contributed by atoms with E-state index in [0.717, 1.165) is 6.42 Å². The molecule has 4 nitrogen and oxygen atoms in total. The maximum Gasteiger partial charge on any atom is 0.233 e. The average molecular weight is 376 g/mol. The van der Waals surface area contributed by atoms with Gasteiger partial charge in [0.1, 0.15) is 5.78 Å². The van der Waals surface area contributed by atoms with Gasteiger partial charge in [-0.3, -0.25) is 9.52 Å². The standard InChI is InChI=1S/C16H19Cl2NO3S/c1-15(2)10-3-4-16(15,14(20)5-10)9-23(21,22)19-13-7-11(17)6-12(18)8-13/h6-8,10,19H,3-5,9H2,1-2H3/t10-,16-/m1/s1. The second-order valence-electron chi connectivity index (χ2n) is 7.19. The third-order valence-corrected chi connectivity index (χ3v) is 7.57. The van der Waals surface area contributed by atoms with E-state index in [4.69, 9.17) is 23.2 Å². The fraction of sp³-hybridized carbons (Fsp3) is 0.562. The van der Waals surface area contributed by atoms with E-state index >= 15 is 0 Å². The van der Waals surface area contributed by atoms with Gasteiger partial charge in [-0.15, -0.1) is 0 Å². The lowest BCUT2D eigenvalue weighted by atomic mass is 9.70. The first-order chi connectivity index (χ1) is 10.6. The molecular weight excluding hydrogens is 357 g/mol. The van der Waals surface area contributed by atoms with Gasteiger partial charge in [0.25, 0.3) is 0 Å². The summed E-state index contributed by atoms with van der Waals surface area (Å²) < 4.78 is 27.8. The molecule has 7 heteroatoms. The molecule has 0 heterocycles. The van der Waals surface area contributed by atoms with E-state index < -0.39 is 15.4 Å². The molecule has 1 aromatic carbocycles. The zero-order valence-electron chi connectivity index (χ0n) is 13.0. The Bertz CT molecular complexity index is 755. The maximum atomic E-state index is 12.6. The molecule has 0 amide bonds. The Hall–Kier alpha value is -0.780. The molecule has 0 spiro atoms. The number of hydrogen-bond acceptors (Lipinski definition) is 3. The molecule has 2 saturated carbocycles. The highest BCUT2D eigenvalue weighted by Gasteiger charge is 2.65. The molecule has 0 radical (unpaired) electrons. The number of anilines is 1. The molecule has 0 aromatic heterocycles. The fourth-order valence-corrected chi connectivity index (χ4v) is 6.66. The topological polar surface area (TPSA) is 63.2 Å². The quantitative estimate of drug-likeness (QED) is 0.860. The summed E-state index contributed by atoms with van der Waals surface area (Å²) in [6, 6.07) is 4.54. The van der Waals surface area contributed by atoms with Crippen LogP contribution in [-0.4, -0.2) is 20.0 Å². The normalized spacial score (nSPS) is 29.0. The van der Waals surface area contributed by atoms with Crippen molar-refractivity contribution in [2.24, 2.45) is 16.7 Å². The Morgan fingerprint density at radius 2 is 1.83 bits per heavy atom. The van der Waals surface area contributed by atoms with Crippen molar-refractivity contribution >= 4 is 44.7 Å². The van der Waals surface area contributed by atoms with Crippen LogP contribution < -0.4 is 4.72 Å². The third-order valence-electron chi connectivity index (χ3n) is 5.71. The largest absolute Gasteiger partial charge is 0.299 e. The first kappa shape index (κ1) is 17.1. The summed E-state index contributed by atoms with van der Waals surface area (Å²) in [6.07, 6.45) is 2.05. The number of fused-ring (bicyclic) bond motifs is 2. The van der Waals surface area contributed by atoms with Crippen LogP contribution in [0.4, 0.5) is 5.69 Å². The van der Waals surface area contributed by atoms with Crippen LogP contribution >= 0.6 is 23.2 Å². The van der Waals surface area contributed by atoms with Gasteiger partial charge in [0.2, 0.25) is 10.0 Å². The van der Waals surface area contributed by atoms with Gasteiger partial charge in [-0.1, -0.05) is 37.0 Å². The number of Topliss-reactive ketones (excluding diaryl/α,β-unsaturated/α-hetero) is 1. The second-order valence-corrected chi connectivity index (χ2v) is 9.78. The van der Waals surface area contributed by atoms with Gasteiger partial charge in [0.05, 0.1) is 16.9 Å². The van der Waals surface area contributed by atoms with Crippen molar-refractivity contribution in [1.29, 1.82) is 0 Å². The van der Waals surface area contributed by atoms with Crippen LogP contribution in [0.2, 0.25) is 10.0 Å². The molecule has 2 bridgehead atoms. The van der Waals surface area contributed by atoms with Crippen LogP contribution in [0.15, 0.2) is 18.2 Å². The van der Waals surface area contributed by atoms with Gasteiger partial charge >= 0.3 is 0 Å². The minimum atomic E-state index is -3.69. The van der Waals surface area contributed by atoms with E-state index in [-0.39, 0.29) is 22.9 Å². The lowest BCUT2D eigenvalue weighted by Gasteiger charge is -2.36. The fourth-order valence-electron chi connectivity index (χ4n) is 4.26. The molecule has 1 aromatic rings. The average Bonchev–Trinajstić information content (AvgIpc) is 2.70. The van der Waals surface area contributed by atoms with Gasteiger partial charge in [0.15, 0.2) is 0 Å². The van der Waals surface area contributed by atoms with E-state index in [1.165, 1.54) is 18.2 Å². The molecule has 0 aliphatic heterocycles. The molecule has 2 atom stereocenters. The first-order valence-corrected chi connectivity index (χ1v) is 9.96. The summed E-state index contributed by atoms with van der Waals surface area (Å²) in [5.74, 6) is 0.172. The SMILES string of the molecule is CC1(C)[C@@H]2CC[C@@]1(CS(=O)(=O)Nc1cc(Cl)cc(Cl)c1)C(=O)C2. The van der Waals surface area contributed by atoms with Crippen molar-refractivity contribution in [1.82, 2.24) is 0 Å². The number of carbonyl (C=O) groups excluding carboxylic acids is 1. The van der Waals surface area contributed by atoms with Crippen LogP contribution in [0.5, 0.6) is 0 Å². The highest BCUT2D eigenvalue weighted by atomic mass is 35.5. The molecule has 2 aliphatic rings. The summed E-state index contributed by atoms with van der Waals surface area (Å²) in [4.78, 5) is 12.5. The summed E-state index contributed by atoms with van der Waals surface area (Å²) in [5.41, 5.74) is -0.756. The summed E-state index contributed by atoms with van der Waals surface area (Å²) in [5, 5.41) is 0.707. The van der Waals surface area contributed by atoms with Crippen molar-refractivity contribution < 1.29 is 13.2 Å². The molecule has 1 N–H and O–H groups in total. The third kappa shape index (κ3) is 2.77. The van der Waals surface area contributed by atoms with E-state index in [1.54, 1.807) is 0 Å². The molecule has 126 valence electrons. The van der Waals surface area contributed by atoms with Crippen molar-refractivity contribution in [3.05, 3.63) is 28.2 Å². The smallest absolute Gasteiger partial charge is 0.233 e. The number of carbonyl (C=O) groups is 1. The predicted molar refractivity (Wildman–Crippen MR) is 92.4 cm³/mol. The Kier molecular flexibility index (Phi) is 3.98. The van der Waals surface area contributed by atoms with Crippen LogP contribution in [0.3, 0.4) is 0 Å². The predicted octanol–water partition coefficient (Wildman–Crippen LogP) is 4.13. The summed E-state index contributed by atoms with van der Waals surface area (Å²) in [7, 11) is -3.69. The minimum Gasteiger partial charge on any atom is -0.299 e. The zero-order valence-corrected chi connectivity index (χ0v) is 15.4. The highest BCUT2D eigenvalue weighted by Crippen LogP contribution is 2.64. The van der Waals surface area contributed by atoms with Crippen molar-refractivity contribution in [3.63, 3.8) is 0 Å². The van der Waals surface area contributed by atoms with Gasteiger partial charge in [0, 0.05) is 16.5 Å². The molecule has 3 rings (SSSR count). The number of hydrogen-bond donors (Lipinski definition) is 1. The van der Waals surface area contributed by atoms with Gasteiger partial charge in [-0.2, -0.15) is 0 Å². The summed E-state index contributed by atoms with van der Waals surface area (Å²) >= 11 is 11.8. The molecule has 23 heavy (non-hydrogen) atoms. The van der Waals surface area contributed by atoms with Crippen molar-refractivity contribution in [2.75, 3.05) is 10.5 Å². The molecular formula is C16H19Cl2NO3S. The van der Waals surface area contributed by atoms with E-state index in [1.807, 2.05) is 13.8 Å². The Labute approximate surface area is 146 Å². The molecule has 2 aliphatic carbocycles. The molecule has 2 fully saturated rings. The maximum absolute atomic E-state index is 12.6. The number of ketones is 1. The van der Waals surface area contributed by atoms with Gasteiger partial charge in [-0.05, 0) is 42.4 Å². The Balaban J connectivity index is 1.88. The number of sulfonamides is 1. The lowest BCUT2D eigenvalue weighted by molar-refractivity contribution is -0.128. The van der Waals surface area contributed by atoms with Crippen LogP contribution in [0, 0.1) is 16.7 Å². The van der Waals surface area contributed by atoms with Crippen molar-refractivity contribution in [2.45, 2.75) is 33.1 Å². The monoisotopic (exact) mass is 375 g/mol. The van der Waals surface area contributed by atoms with Crippen molar-refractivity contribution in [3.8, 4) is 0 Å². The van der Waals surface area contributed by atoms with Crippen LogP contribution in [0.1, 0.15) is 33.1 Å². The number of rotatable bonds is 4. The number of benzene rings is 1. The van der Waals surface area contributed by atoms with E-state index in [9.17, 15) is 13.2 Å². The van der Waals surface area contributed by atoms with Gasteiger partial charge < -0.3 is 0 Å². The lowest BCUT2D eigenvalue weighted by Crippen LogP contribution is -2.43. The number of halogens is 2. The molecule has 0 unspecified atom stereocenters. The zero-order chi connectivity index (χ0) is 17.0. The Morgan fingerprint density at radius 1 is 1.22 bits per heavy atom. The van der Waals surface area contributed by atoms with E-state index in [2.05, 4.69) is 4.72 Å². The Morgan fingerprint density at radius 3 is 2.30 bits per heavy atom. The van der Waals surface area contributed by atoms with Crippen LogP contribution in [-0.2, 0) is 14.8 Å². The first-order valence-electron chi connectivity index (χ1n) is 7.56. The second kappa shape index (κ2) is 5.36. The molecule has 0 saturated heterocycles. The highest BCUT2D eigenvalue weighted by molar-refractivity contribution is 7.92. The minimum absolute atomic E-state index is 0.0771. The summed E-state index contributed by atoms with van der Waals surface area (Å²) in [6.45, 7) is 4.03. The number of nitrogens with one attached hydrogen (secondary N) is 1. The van der Waals surface area contributed by atoms with E-state index in [0.29, 0.717) is 28.6 Å². The van der Waals surface area contributed by atoms with Crippen LogP contribution in [0.25, 0.3) is 0 Å².